The fourth-order valence-corrected chi connectivity index (χ4v) is 8.37. The summed E-state index contributed by atoms with van der Waals surface area (Å²) in [6.45, 7) is 8.76. The Balaban J connectivity index is 0.00000236. The number of piperazine rings is 1. The van der Waals surface area contributed by atoms with Crippen LogP contribution >= 0.6 is 0 Å². The molecule has 2 bridgehead atoms. The van der Waals surface area contributed by atoms with Crippen molar-refractivity contribution in [2.75, 3.05) is 27.5 Å². The molecule has 4 heterocycles. The van der Waals surface area contributed by atoms with E-state index in [0.717, 1.165) is 29.3 Å². The van der Waals surface area contributed by atoms with Gasteiger partial charge < -0.3 is 34.5 Å². The molecule has 1 fully saturated rings. The van der Waals surface area contributed by atoms with Gasteiger partial charge in [0.1, 0.15) is 12.0 Å². The first-order chi connectivity index (χ1) is 25.2. The molecule has 3 N–H and O–H groups in total. The van der Waals surface area contributed by atoms with E-state index in [4.69, 9.17) is 18.9 Å². The lowest BCUT2D eigenvalue weighted by Crippen LogP contribution is -2.69. The lowest BCUT2D eigenvalue weighted by molar-refractivity contribution is -0.172. The number of alkyl halides is 3. The number of nitrogens with zero attached hydrogens (tertiary/aromatic N) is 2. The molecule has 0 aliphatic carbocycles. The number of phenolic OH excluding ortho intramolecular Hbond substituents is 1. The number of methoxy groups -OCH3 is 1. The van der Waals surface area contributed by atoms with Crippen LogP contribution < -0.4 is 24.3 Å². The van der Waals surface area contributed by atoms with Crippen LogP contribution in [0.3, 0.4) is 0 Å². The van der Waals surface area contributed by atoms with E-state index >= 15 is 0 Å². The molecule has 0 saturated carbocycles. The Kier molecular flexibility index (Phi) is 10.4. The highest BCUT2D eigenvalue weighted by molar-refractivity contribution is 5.91. The summed E-state index contributed by atoms with van der Waals surface area (Å²) in [7, 11) is 3.39. The van der Waals surface area contributed by atoms with Gasteiger partial charge in [-0.15, -0.1) is 0 Å². The van der Waals surface area contributed by atoms with Crippen LogP contribution in [0.15, 0.2) is 36.4 Å². The van der Waals surface area contributed by atoms with Crippen molar-refractivity contribution in [3.05, 3.63) is 80.9 Å². The molecule has 1 saturated heterocycles. The molecule has 53 heavy (non-hydrogen) atoms. The van der Waals surface area contributed by atoms with Crippen molar-refractivity contribution in [2.24, 2.45) is 0 Å². The van der Waals surface area contributed by atoms with E-state index in [1.54, 1.807) is 6.92 Å². The van der Waals surface area contributed by atoms with Gasteiger partial charge in [0, 0.05) is 47.8 Å². The van der Waals surface area contributed by atoms with Crippen molar-refractivity contribution in [3.8, 4) is 28.7 Å². The maximum absolute atomic E-state index is 13.3. The van der Waals surface area contributed by atoms with Gasteiger partial charge in [-0.05, 0) is 68.6 Å². The van der Waals surface area contributed by atoms with Crippen LogP contribution in [0.4, 0.5) is 13.2 Å². The number of carbonyl (C=O) groups is 2. The summed E-state index contributed by atoms with van der Waals surface area (Å²) in [5.41, 5.74) is 3.45. The maximum atomic E-state index is 13.3. The number of phenols is 1. The molecule has 7 rings (SSSR count). The van der Waals surface area contributed by atoms with E-state index in [9.17, 15) is 33.0 Å². The number of fused-ring (bicyclic) bond motifs is 9. The average molecular weight is 740 g/mol. The minimum absolute atomic E-state index is 0.0107. The molecule has 284 valence electrons. The Morgan fingerprint density at radius 1 is 1.06 bits per heavy atom. The molecule has 0 aromatic heterocycles. The monoisotopic (exact) mass is 739 g/mol. The molecular formula is C39H44F3N3O8. The van der Waals surface area contributed by atoms with Crippen LogP contribution in [0.5, 0.6) is 28.7 Å². The van der Waals surface area contributed by atoms with Gasteiger partial charge in [-0.2, -0.15) is 13.2 Å². The molecule has 0 radical (unpaired) electrons. The van der Waals surface area contributed by atoms with Crippen molar-refractivity contribution in [2.45, 2.75) is 84.0 Å². The van der Waals surface area contributed by atoms with Gasteiger partial charge in [-0.1, -0.05) is 32.0 Å². The van der Waals surface area contributed by atoms with Gasteiger partial charge in [0.25, 0.3) is 0 Å². The predicted molar refractivity (Wildman–Crippen MR) is 189 cm³/mol. The first-order valence-electron chi connectivity index (χ1n) is 17.5. The normalized spacial score (nSPS) is 23.0. The molecule has 1 unspecified atom stereocenters. The summed E-state index contributed by atoms with van der Waals surface area (Å²) >= 11 is 0. The third-order valence-electron chi connectivity index (χ3n) is 10.5. The van der Waals surface area contributed by atoms with Crippen LogP contribution in [-0.4, -0.2) is 77.7 Å². The number of ether oxygens (including phenoxy) is 4. The molecule has 3 aromatic rings. The second-order valence-corrected chi connectivity index (χ2v) is 13.4. The van der Waals surface area contributed by atoms with Crippen LogP contribution in [0.2, 0.25) is 0 Å². The zero-order valence-corrected chi connectivity index (χ0v) is 30.6. The van der Waals surface area contributed by atoms with E-state index in [1.807, 2.05) is 43.7 Å². The highest BCUT2D eigenvalue weighted by atomic mass is 19.4. The summed E-state index contributed by atoms with van der Waals surface area (Å²) < 4.78 is 63.1. The number of benzene rings is 3. The summed E-state index contributed by atoms with van der Waals surface area (Å²) in [5.74, 6) is 0.325. The second kappa shape index (κ2) is 14.6. The van der Waals surface area contributed by atoms with Gasteiger partial charge in [0.2, 0.25) is 12.7 Å². The Morgan fingerprint density at radius 2 is 1.77 bits per heavy atom. The van der Waals surface area contributed by atoms with Crippen LogP contribution in [0, 0.1) is 13.8 Å². The topological polar surface area (TPSA) is 130 Å². The van der Waals surface area contributed by atoms with Crippen molar-refractivity contribution in [3.63, 3.8) is 0 Å². The Labute approximate surface area is 305 Å². The molecular weight excluding hydrogens is 695 g/mol. The van der Waals surface area contributed by atoms with Gasteiger partial charge in [-0.3, -0.25) is 19.4 Å². The Bertz CT molecular complexity index is 1970. The third kappa shape index (κ3) is 6.57. The molecule has 5 atom stereocenters. The number of amides is 1. The zero-order chi connectivity index (χ0) is 38.5. The van der Waals surface area contributed by atoms with E-state index < -0.39 is 54.0 Å². The number of hydrogen-bond acceptors (Lipinski definition) is 10. The smallest absolute Gasteiger partial charge is 0.416 e. The first-order valence-corrected chi connectivity index (χ1v) is 17.5. The van der Waals surface area contributed by atoms with Crippen molar-refractivity contribution in [1.29, 1.82) is 0 Å². The SMILES string of the molecule is CC.COc1c(C)cc2c(c1O)[C@@H]1C3Cc4c(OC(C)=O)c(C)c5c(c4[C@H](CNC(=O)/C=C/c4cccc(C(F)(F)F)c4)N3[C@@H](O)[C@H](C2)N1C)OCO5. The molecule has 4 aliphatic heterocycles. The van der Waals surface area contributed by atoms with Gasteiger partial charge in [0.15, 0.2) is 23.0 Å². The largest absolute Gasteiger partial charge is 0.504 e. The fourth-order valence-electron chi connectivity index (χ4n) is 8.37. The quantitative estimate of drug-likeness (QED) is 0.164. The molecule has 4 aliphatic rings. The number of nitrogens with one attached hydrogen (secondary N) is 1. The summed E-state index contributed by atoms with van der Waals surface area (Å²) in [5, 5.41) is 26.7. The number of aryl methyl sites for hydroxylation is 1. The summed E-state index contributed by atoms with van der Waals surface area (Å²) in [4.78, 5) is 29.7. The van der Waals surface area contributed by atoms with E-state index in [0.29, 0.717) is 51.7 Å². The van der Waals surface area contributed by atoms with Gasteiger partial charge >= 0.3 is 12.1 Å². The van der Waals surface area contributed by atoms with Crippen molar-refractivity contribution in [1.82, 2.24) is 15.1 Å². The molecule has 0 spiro atoms. The predicted octanol–water partition coefficient (Wildman–Crippen LogP) is 5.74. The summed E-state index contributed by atoms with van der Waals surface area (Å²) in [6.07, 6.45) is -2.46. The standard InChI is InChI=1S/C37H38F3N3O8.C2H6/c1-17-11-21-13-25-36(47)43-24(30(42(25)4)28(21)31(46)32(17)48-5)14-23-29(35-34(49-16-50-35)18(2)33(23)51-19(3)44)26(43)15-41-27(45)10-9-20-7-6-8-22(12-20)37(38,39)40;1-2/h6-12,24-26,30,36,46-47H,13-16H2,1-5H3,(H,41,45);1-2H3/b10-9+;/t24?,25-,26-,30-,36-;/m0./s1. The highest BCUT2D eigenvalue weighted by Gasteiger charge is 2.56. The lowest BCUT2D eigenvalue weighted by Gasteiger charge is -2.60. The molecule has 14 heteroatoms. The van der Waals surface area contributed by atoms with Gasteiger partial charge in [0.05, 0.1) is 30.8 Å². The number of esters is 1. The summed E-state index contributed by atoms with van der Waals surface area (Å²) in [6, 6.07) is 4.48. The molecule has 11 nitrogen and oxygen atoms in total. The maximum Gasteiger partial charge on any atom is 0.416 e. The number of aliphatic hydroxyl groups excluding tert-OH is 1. The fraction of sp³-hybridized carbons (Fsp3) is 0.436. The number of halogens is 3. The van der Waals surface area contributed by atoms with E-state index in [2.05, 4.69) is 5.32 Å². The van der Waals surface area contributed by atoms with E-state index in [-0.39, 0.29) is 31.1 Å². The lowest BCUT2D eigenvalue weighted by atomic mass is 9.73. The van der Waals surface area contributed by atoms with Crippen LogP contribution in [0.1, 0.15) is 77.4 Å². The van der Waals surface area contributed by atoms with Crippen molar-refractivity contribution >= 4 is 18.0 Å². The molecule has 3 aromatic carbocycles. The van der Waals surface area contributed by atoms with Crippen molar-refractivity contribution < 1.29 is 51.9 Å². The van der Waals surface area contributed by atoms with E-state index in [1.165, 1.54) is 32.2 Å². The average Bonchev–Trinajstić information content (AvgIpc) is 3.61. The van der Waals surface area contributed by atoms with Gasteiger partial charge in [-0.25, -0.2) is 0 Å². The highest BCUT2D eigenvalue weighted by Crippen LogP contribution is 2.58. The van der Waals surface area contributed by atoms with Crippen LogP contribution in [0.25, 0.3) is 6.08 Å². The van der Waals surface area contributed by atoms with Crippen LogP contribution in [-0.2, 0) is 28.6 Å². The number of rotatable bonds is 6. The number of aliphatic hydroxyl groups is 1. The number of hydrogen-bond donors (Lipinski definition) is 3. The number of likely N-dealkylation sites (N-methyl/N-ethyl adjacent to an activating group) is 1. The Hall–Kier alpha value is -4.79. The number of aromatic hydroxyl groups is 1. The third-order valence-corrected chi connectivity index (χ3v) is 10.5. The molecule has 1 amide bonds. The minimum Gasteiger partial charge on any atom is -0.504 e. The second-order valence-electron chi connectivity index (χ2n) is 13.4. The zero-order valence-electron chi connectivity index (χ0n) is 30.6. The Morgan fingerprint density at radius 3 is 2.45 bits per heavy atom. The number of carbonyl (C=O) groups excluding carboxylic acids is 2. The first kappa shape index (κ1) is 38.0. The minimum atomic E-state index is -4.53.